The van der Waals surface area contributed by atoms with Crippen molar-refractivity contribution < 1.29 is 19.1 Å². The number of esters is 1. The third-order valence-corrected chi connectivity index (χ3v) is 5.91. The number of para-hydroxylation sites is 1. The van der Waals surface area contributed by atoms with Crippen molar-refractivity contribution in [3.63, 3.8) is 0 Å². The quantitative estimate of drug-likeness (QED) is 0.752. The van der Waals surface area contributed by atoms with Crippen LogP contribution < -0.4 is 4.90 Å². The summed E-state index contributed by atoms with van der Waals surface area (Å²) >= 11 is 0. The van der Waals surface area contributed by atoms with Gasteiger partial charge in [0.05, 0.1) is 20.3 Å². The van der Waals surface area contributed by atoms with Crippen molar-refractivity contribution in [2.24, 2.45) is 10.9 Å². The Morgan fingerprint density at radius 2 is 1.96 bits per heavy atom. The lowest BCUT2D eigenvalue weighted by Gasteiger charge is -2.37. The number of morpholine rings is 1. The maximum atomic E-state index is 13.0. The van der Waals surface area contributed by atoms with Crippen LogP contribution in [0, 0.1) is 5.92 Å². The molecule has 0 N–H and O–H groups in total. The molecular weight excluding hydrogens is 356 g/mol. The zero-order valence-electron chi connectivity index (χ0n) is 16.4. The Balaban J connectivity index is 1.87. The summed E-state index contributed by atoms with van der Waals surface area (Å²) in [5, 5.41) is 0. The van der Waals surface area contributed by atoms with Gasteiger partial charge in [-0.3, -0.25) is 14.6 Å². The molecule has 1 aliphatic carbocycles. The maximum absolute atomic E-state index is 13.0. The molecule has 2 aliphatic heterocycles. The van der Waals surface area contributed by atoms with E-state index in [4.69, 9.17) is 9.47 Å². The summed E-state index contributed by atoms with van der Waals surface area (Å²) in [5.74, 6) is -1.17. The van der Waals surface area contributed by atoms with Gasteiger partial charge in [-0.1, -0.05) is 18.2 Å². The normalized spacial score (nSPS) is 25.3. The summed E-state index contributed by atoms with van der Waals surface area (Å²) in [6.45, 7) is 4.80. The van der Waals surface area contributed by atoms with Crippen LogP contribution in [-0.4, -0.2) is 50.9 Å². The molecule has 0 spiro atoms. The number of benzene rings is 1. The Labute approximate surface area is 165 Å². The zero-order valence-corrected chi connectivity index (χ0v) is 16.4. The van der Waals surface area contributed by atoms with Gasteiger partial charge >= 0.3 is 5.97 Å². The molecule has 28 heavy (non-hydrogen) atoms. The number of nitrogens with zero attached hydrogens (tertiary/aromatic N) is 2. The van der Waals surface area contributed by atoms with Crippen molar-refractivity contribution in [2.45, 2.75) is 32.1 Å². The van der Waals surface area contributed by atoms with E-state index < -0.39 is 5.92 Å². The van der Waals surface area contributed by atoms with E-state index in [0.717, 1.165) is 48.6 Å². The SMILES string of the molecule is COC(=O)C1C(C)=NC2=C(C(=O)CCC2)[C@@H]1c1ccccc1N1CCOCC1. The Kier molecular flexibility index (Phi) is 5.31. The molecule has 2 atom stereocenters. The molecular formula is C22H26N2O4. The molecule has 0 saturated carbocycles. The van der Waals surface area contributed by atoms with Gasteiger partial charge in [0.25, 0.3) is 0 Å². The second-order valence-corrected chi connectivity index (χ2v) is 7.53. The standard InChI is InChI=1S/C22H26N2O4/c1-14-19(22(26)27-2)20(21-16(23-14)7-5-9-18(21)25)15-6-3-4-8-17(15)24-10-12-28-13-11-24/h3-4,6,8,19-20H,5,7,9-13H2,1-2H3/t19?,20-/m1/s1. The number of carbonyl (C=O) groups is 2. The topological polar surface area (TPSA) is 68.2 Å². The summed E-state index contributed by atoms with van der Waals surface area (Å²) in [7, 11) is 1.40. The third kappa shape index (κ3) is 3.26. The first-order valence-corrected chi connectivity index (χ1v) is 9.92. The largest absolute Gasteiger partial charge is 0.468 e. The van der Waals surface area contributed by atoms with Gasteiger partial charge in [-0.15, -0.1) is 0 Å². The highest BCUT2D eigenvalue weighted by Crippen LogP contribution is 2.46. The summed E-state index contributed by atoms with van der Waals surface area (Å²) < 4.78 is 10.6. The van der Waals surface area contributed by atoms with Crippen LogP contribution in [-0.2, 0) is 19.1 Å². The summed E-state index contributed by atoms with van der Waals surface area (Å²) in [5.41, 5.74) is 4.33. The molecule has 2 heterocycles. The third-order valence-electron chi connectivity index (χ3n) is 5.91. The van der Waals surface area contributed by atoms with E-state index in [-0.39, 0.29) is 17.7 Å². The highest BCUT2D eigenvalue weighted by Gasteiger charge is 2.44. The monoisotopic (exact) mass is 382 g/mol. The smallest absolute Gasteiger partial charge is 0.315 e. The number of ketones is 1. The van der Waals surface area contributed by atoms with Crippen molar-refractivity contribution >= 4 is 23.2 Å². The van der Waals surface area contributed by atoms with Gasteiger partial charge in [-0.05, 0) is 31.4 Å². The van der Waals surface area contributed by atoms with Crippen LogP contribution in [0.2, 0.25) is 0 Å². The lowest BCUT2D eigenvalue weighted by Crippen LogP contribution is -2.40. The van der Waals surface area contributed by atoms with Crippen LogP contribution >= 0.6 is 0 Å². The van der Waals surface area contributed by atoms with Crippen molar-refractivity contribution in [2.75, 3.05) is 38.3 Å². The second kappa shape index (κ2) is 7.87. The van der Waals surface area contributed by atoms with Crippen LogP contribution in [0.3, 0.4) is 0 Å². The lowest BCUT2D eigenvalue weighted by atomic mass is 9.71. The van der Waals surface area contributed by atoms with Crippen LogP contribution in [0.4, 0.5) is 5.69 Å². The van der Waals surface area contributed by atoms with Crippen LogP contribution in [0.25, 0.3) is 0 Å². The van der Waals surface area contributed by atoms with Gasteiger partial charge in [-0.25, -0.2) is 0 Å². The van der Waals surface area contributed by atoms with E-state index in [1.807, 2.05) is 25.1 Å². The van der Waals surface area contributed by atoms with E-state index in [0.29, 0.717) is 25.2 Å². The van der Waals surface area contributed by atoms with Gasteiger partial charge in [0.2, 0.25) is 0 Å². The minimum atomic E-state index is -0.576. The molecule has 4 rings (SSSR count). The van der Waals surface area contributed by atoms with Gasteiger partial charge in [0, 0.05) is 48.1 Å². The molecule has 1 fully saturated rings. The van der Waals surface area contributed by atoms with Gasteiger partial charge < -0.3 is 14.4 Å². The second-order valence-electron chi connectivity index (χ2n) is 7.53. The van der Waals surface area contributed by atoms with Crippen LogP contribution in [0.1, 0.15) is 37.7 Å². The molecule has 1 aromatic rings. The Morgan fingerprint density at radius 1 is 1.21 bits per heavy atom. The van der Waals surface area contributed by atoms with E-state index >= 15 is 0 Å². The lowest BCUT2D eigenvalue weighted by molar-refractivity contribution is -0.143. The first-order valence-electron chi connectivity index (χ1n) is 9.92. The van der Waals surface area contributed by atoms with Crippen molar-refractivity contribution in [1.29, 1.82) is 0 Å². The van der Waals surface area contributed by atoms with Crippen molar-refractivity contribution in [1.82, 2.24) is 0 Å². The zero-order chi connectivity index (χ0) is 19.7. The maximum Gasteiger partial charge on any atom is 0.315 e. The predicted molar refractivity (Wildman–Crippen MR) is 107 cm³/mol. The molecule has 0 radical (unpaired) electrons. The minimum Gasteiger partial charge on any atom is -0.468 e. The molecule has 1 saturated heterocycles. The minimum absolute atomic E-state index is 0.105. The Hall–Kier alpha value is -2.47. The number of aliphatic imine (C=N–C) groups is 1. The fourth-order valence-electron chi connectivity index (χ4n) is 4.62. The van der Waals surface area contributed by atoms with Gasteiger partial charge in [0.15, 0.2) is 5.78 Å². The highest BCUT2D eigenvalue weighted by atomic mass is 16.5. The number of carbonyl (C=O) groups excluding carboxylic acids is 2. The molecule has 1 aromatic carbocycles. The number of allylic oxidation sites excluding steroid dienone is 2. The molecule has 0 bridgehead atoms. The molecule has 1 unspecified atom stereocenters. The summed E-state index contributed by atoms with van der Waals surface area (Å²) in [6.07, 6.45) is 2.11. The number of hydrogen-bond donors (Lipinski definition) is 0. The number of hydrogen-bond acceptors (Lipinski definition) is 6. The van der Waals surface area contributed by atoms with E-state index in [1.54, 1.807) is 0 Å². The van der Waals surface area contributed by atoms with Crippen LogP contribution in [0.5, 0.6) is 0 Å². The fourth-order valence-corrected chi connectivity index (χ4v) is 4.62. The van der Waals surface area contributed by atoms with Crippen LogP contribution in [0.15, 0.2) is 40.5 Å². The molecule has 3 aliphatic rings. The Morgan fingerprint density at radius 3 is 2.71 bits per heavy atom. The molecule has 0 aromatic heterocycles. The van der Waals surface area contributed by atoms with E-state index in [9.17, 15) is 9.59 Å². The average Bonchev–Trinajstić information content (AvgIpc) is 2.73. The fraction of sp³-hybridized carbons (Fsp3) is 0.500. The van der Waals surface area contributed by atoms with Gasteiger partial charge in [0.1, 0.15) is 5.92 Å². The number of anilines is 1. The molecule has 6 nitrogen and oxygen atoms in total. The number of rotatable bonds is 3. The van der Waals surface area contributed by atoms with Crippen molar-refractivity contribution in [3.05, 3.63) is 41.1 Å². The highest BCUT2D eigenvalue weighted by molar-refractivity contribution is 6.09. The number of Topliss-reactive ketones (excluding diaryl/α,β-unsaturated/α-hetero) is 1. The van der Waals surface area contributed by atoms with Crippen molar-refractivity contribution in [3.8, 4) is 0 Å². The molecule has 148 valence electrons. The summed E-state index contributed by atoms with van der Waals surface area (Å²) in [6, 6.07) is 8.09. The van der Waals surface area contributed by atoms with Gasteiger partial charge in [-0.2, -0.15) is 0 Å². The first kappa shape index (κ1) is 18.9. The number of methoxy groups -OCH3 is 1. The molecule has 0 amide bonds. The first-order chi connectivity index (χ1) is 13.6. The predicted octanol–water partition coefficient (Wildman–Crippen LogP) is 2.88. The van der Waals surface area contributed by atoms with E-state index in [1.165, 1.54) is 7.11 Å². The molecule has 6 heteroatoms. The van der Waals surface area contributed by atoms with E-state index in [2.05, 4.69) is 16.0 Å². The number of ether oxygens (including phenoxy) is 2. The average molecular weight is 382 g/mol. The Bertz CT molecular complexity index is 852. The summed E-state index contributed by atoms with van der Waals surface area (Å²) in [4.78, 5) is 32.7.